The third-order valence-electron chi connectivity index (χ3n) is 3.52. The molecule has 2 amide bonds. The standard InChI is InChI=1S/C15H18F2N2O5/c16-11-2-1-10(7-12(11)17)19-14(22)13(21)18-8-15(24-6-4-20)3-5-23-9-15/h1-2,7,20H,3-6,8-9H2,(H,18,21)(H,19,22). The molecule has 1 atom stereocenters. The molecule has 1 aromatic carbocycles. The summed E-state index contributed by atoms with van der Waals surface area (Å²) in [6.07, 6.45) is 0.512. The van der Waals surface area contributed by atoms with Gasteiger partial charge in [-0.25, -0.2) is 8.78 Å². The molecule has 1 aliphatic heterocycles. The van der Waals surface area contributed by atoms with Crippen LogP contribution in [0.3, 0.4) is 0 Å². The number of aliphatic hydroxyl groups excluding tert-OH is 1. The van der Waals surface area contributed by atoms with E-state index in [0.717, 1.165) is 18.2 Å². The number of aliphatic hydroxyl groups is 1. The lowest BCUT2D eigenvalue weighted by Crippen LogP contribution is -2.48. The zero-order valence-corrected chi connectivity index (χ0v) is 12.8. The largest absolute Gasteiger partial charge is 0.394 e. The first kappa shape index (κ1) is 18.2. The molecule has 132 valence electrons. The fourth-order valence-electron chi connectivity index (χ4n) is 2.24. The summed E-state index contributed by atoms with van der Waals surface area (Å²) in [5.74, 6) is -4.15. The van der Waals surface area contributed by atoms with Crippen LogP contribution in [-0.4, -0.2) is 55.5 Å². The van der Waals surface area contributed by atoms with Crippen LogP contribution in [0.5, 0.6) is 0 Å². The van der Waals surface area contributed by atoms with Crippen LogP contribution in [0.1, 0.15) is 6.42 Å². The van der Waals surface area contributed by atoms with Gasteiger partial charge in [-0.1, -0.05) is 0 Å². The van der Waals surface area contributed by atoms with Crippen molar-refractivity contribution < 1.29 is 33.0 Å². The highest BCUT2D eigenvalue weighted by molar-refractivity contribution is 6.39. The summed E-state index contributed by atoms with van der Waals surface area (Å²) in [7, 11) is 0. The van der Waals surface area contributed by atoms with Crippen molar-refractivity contribution in [3.05, 3.63) is 29.8 Å². The number of carbonyl (C=O) groups is 2. The predicted octanol–water partition coefficient (Wildman–Crippen LogP) is 0.187. The van der Waals surface area contributed by atoms with Crippen molar-refractivity contribution in [2.75, 3.05) is 38.3 Å². The third-order valence-corrected chi connectivity index (χ3v) is 3.52. The van der Waals surface area contributed by atoms with Gasteiger partial charge in [0.2, 0.25) is 0 Å². The van der Waals surface area contributed by atoms with Gasteiger partial charge < -0.3 is 25.2 Å². The van der Waals surface area contributed by atoms with Gasteiger partial charge in [0.25, 0.3) is 0 Å². The van der Waals surface area contributed by atoms with Gasteiger partial charge >= 0.3 is 11.8 Å². The van der Waals surface area contributed by atoms with Crippen molar-refractivity contribution in [3.63, 3.8) is 0 Å². The SMILES string of the molecule is O=C(NCC1(OCCO)CCOC1)C(=O)Nc1ccc(F)c(F)c1. The minimum Gasteiger partial charge on any atom is -0.394 e. The highest BCUT2D eigenvalue weighted by Gasteiger charge is 2.36. The molecule has 7 nitrogen and oxygen atoms in total. The van der Waals surface area contributed by atoms with Crippen LogP contribution < -0.4 is 10.6 Å². The number of hydrogen-bond donors (Lipinski definition) is 3. The Morgan fingerprint density at radius 3 is 2.71 bits per heavy atom. The van der Waals surface area contributed by atoms with Gasteiger partial charge in [0.15, 0.2) is 11.6 Å². The van der Waals surface area contributed by atoms with E-state index in [2.05, 4.69) is 10.6 Å². The summed E-state index contributed by atoms with van der Waals surface area (Å²) in [5, 5.41) is 13.4. The number of ether oxygens (including phenoxy) is 2. The van der Waals surface area contributed by atoms with Crippen molar-refractivity contribution >= 4 is 17.5 Å². The molecule has 0 radical (unpaired) electrons. The highest BCUT2D eigenvalue weighted by atomic mass is 19.2. The molecule has 0 saturated carbocycles. The number of carbonyl (C=O) groups excluding carboxylic acids is 2. The Labute approximate surface area is 136 Å². The maximum Gasteiger partial charge on any atom is 0.313 e. The van der Waals surface area contributed by atoms with Gasteiger partial charge in [-0.2, -0.15) is 0 Å². The number of benzene rings is 1. The molecule has 9 heteroatoms. The molecule has 1 fully saturated rings. The van der Waals surface area contributed by atoms with Crippen molar-refractivity contribution in [1.82, 2.24) is 5.32 Å². The highest BCUT2D eigenvalue weighted by Crippen LogP contribution is 2.22. The van der Waals surface area contributed by atoms with Crippen molar-refractivity contribution in [3.8, 4) is 0 Å². The summed E-state index contributed by atoms with van der Waals surface area (Å²) in [6, 6.07) is 2.76. The molecule has 0 aromatic heterocycles. The van der Waals surface area contributed by atoms with Gasteiger partial charge in [-0.05, 0) is 12.1 Å². The Hall–Kier alpha value is -2.10. The second-order valence-corrected chi connectivity index (χ2v) is 5.32. The van der Waals surface area contributed by atoms with Crippen LogP contribution in [0.15, 0.2) is 18.2 Å². The Balaban J connectivity index is 1.88. The van der Waals surface area contributed by atoms with Crippen LogP contribution in [0.4, 0.5) is 14.5 Å². The number of rotatable bonds is 6. The molecule has 1 unspecified atom stereocenters. The van der Waals surface area contributed by atoms with E-state index < -0.39 is 29.0 Å². The Morgan fingerprint density at radius 2 is 2.08 bits per heavy atom. The number of halogens is 2. The van der Waals surface area contributed by atoms with E-state index in [0.29, 0.717) is 13.0 Å². The van der Waals surface area contributed by atoms with Gasteiger partial charge in [-0.15, -0.1) is 0 Å². The monoisotopic (exact) mass is 344 g/mol. The molecule has 0 bridgehead atoms. The summed E-state index contributed by atoms with van der Waals surface area (Å²) < 4.78 is 36.6. The van der Waals surface area contributed by atoms with Crippen molar-refractivity contribution in [2.24, 2.45) is 0 Å². The summed E-state index contributed by atoms with van der Waals surface area (Å²) in [4.78, 5) is 23.6. The smallest absolute Gasteiger partial charge is 0.313 e. The molecule has 1 saturated heterocycles. The second kappa shape index (κ2) is 8.13. The molecule has 1 heterocycles. The molecule has 24 heavy (non-hydrogen) atoms. The van der Waals surface area contributed by atoms with Crippen LogP contribution in [0.25, 0.3) is 0 Å². The van der Waals surface area contributed by atoms with Crippen LogP contribution in [0, 0.1) is 11.6 Å². The van der Waals surface area contributed by atoms with Gasteiger partial charge in [0.05, 0.1) is 19.8 Å². The Bertz CT molecular complexity index is 606. The van der Waals surface area contributed by atoms with Crippen molar-refractivity contribution in [2.45, 2.75) is 12.0 Å². The lowest BCUT2D eigenvalue weighted by Gasteiger charge is -2.27. The lowest BCUT2D eigenvalue weighted by atomic mass is 10.0. The fourth-order valence-corrected chi connectivity index (χ4v) is 2.24. The molecule has 0 spiro atoms. The zero-order chi connectivity index (χ0) is 17.6. The summed E-state index contributed by atoms with van der Waals surface area (Å²) in [5.41, 5.74) is -0.829. The molecule has 0 aliphatic carbocycles. The summed E-state index contributed by atoms with van der Waals surface area (Å²) in [6.45, 7) is 0.615. The number of amides is 2. The van der Waals surface area contributed by atoms with E-state index in [9.17, 15) is 18.4 Å². The van der Waals surface area contributed by atoms with Crippen LogP contribution >= 0.6 is 0 Å². The quantitative estimate of drug-likeness (QED) is 0.640. The fraction of sp³-hybridized carbons (Fsp3) is 0.467. The minimum atomic E-state index is -1.13. The van der Waals surface area contributed by atoms with E-state index in [4.69, 9.17) is 14.6 Å². The average molecular weight is 344 g/mol. The number of hydrogen-bond acceptors (Lipinski definition) is 5. The number of nitrogens with one attached hydrogen (secondary N) is 2. The first-order chi connectivity index (χ1) is 11.5. The normalized spacial score (nSPS) is 20.0. The van der Waals surface area contributed by atoms with Crippen LogP contribution in [-0.2, 0) is 19.1 Å². The maximum atomic E-state index is 13.1. The number of anilines is 1. The van der Waals surface area contributed by atoms with E-state index in [-0.39, 0.29) is 32.1 Å². The van der Waals surface area contributed by atoms with Gasteiger partial charge in [0.1, 0.15) is 5.60 Å². The predicted molar refractivity (Wildman–Crippen MR) is 79.2 cm³/mol. The van der Waals surface area contributed by atoms with E-state index in [1.54, 1.807) is 0 Å². The Morgan fingerprint density at radius 1 is 1.29 bits per heavy atom. The Kier molecular flexibility index (Phi) is 6.18. The average Bonchev–Trinajstić information content (AvgIpc) is 3.03. The van der Waals surface area contributed by atoms with Crippen LogP contribution in [0.2, 0.25) is 0 Å². The first-order valence-electron chi connectivity index (χ1n) is 7.32. The summed E-state index contributed by atoms with van der Waals surface area (Å²) >= 11 is 0. The minimum absolute atomic E-state index is 0.0248. The molecule has 3 N–H and O–H groups in total. The van der Waals surface area contributed by atoms with Crippen molar-refractivity contribution in [1.29, 1.82) is 0 Å². The van der Waals surface area contributed by atoms with E-state index >= 15 is 0 Å². The molecular weight excluding hydrogens is 326 g/mol. The van der Waals surface area contributed by atoms with Gasteiger partial charge in [0, 0.05) is 31.3 Å². The lowest BCUT2D eigenvalue weighted by molar-refractivity contribution is -0.137. The van der Waals surface area contributed by atoms with Gasteiger partial charge in [-0.3, -0.25) is 9.59 Å². The van der Waals surface area contributed by atoms with E-state index in [1.165, 1.54) is 0 Å². The topological polar surface area (TPSA) is 96.9 Å². The van der Waals surface area contributed by atoms with E-state index in [1.807, 2.05) is 0 Å². The molecular formula is C15H18F2N2O5. The molecule has 2 rings (SSSR count). The third kappa shape index (κ3) is 4.70. The maximum absolute atomic E-state index is 13.1. The molecule has 1 aliphatic rings. The first-order valence-corrected chi connectivity index (χ1v) is 7.32. The zero-order valence-electron chi connectivity index (χ0n) is 12.8. The molecule has 1 aromatic rings. The second-order valence-electron chi connectivity index (χ2n) is 5.32.